The van der Waals surface area contributed by atoms with Gasteiger partial charge in [-0.3, -0.25) is 4.79 Å². The molecule has 0 N–H and O–H groups in total. The Labute approximate surface area is 86.0 Å². The minimum absolute atomic E-state index is 0.0740. The normalized spacial score (nSPS) is 42.0. The predicted octanol–water partition coefficient (Wildman–Crippen LogP) is 2.77. The van der Waals surface area contributed by atoms with E-state index in [2.05, 4.69) is 13.8 Å². The zero-order valence-corrected chi connectivity index (χ0v) is 9.21. The highest BCUT2D eigenvalue weighted by Crippen LogP contribution is 2.54. The average Bonchev–Trinajstić information content (AvgIpc) is 2.73. The van der Waals surface area contributed by atoms with Crippen LogP contribution in [0.3, 0.4) is 0 Å². The van der Waals surface area contributed by atoms with Crippen molar-refractivity contribution < 1.29 is 9.53 Å². The molecule has 1 aliphatic heterocycles. The number of rotatable bonds is 2. The number of cyclic esters (lactones) is 1. The predicted molar refractivity (Wildman–Crippen MR) is 54.8 cm³/mol. The third-order valence-electron chi connectivity index (χ3n) is 4.31. The fourth-order valence-electron chi connectivity index (χ4n) is 3.39. The number of esters is 1. The maximum Gasteiger partial charge on any atom is 0.312 e. The summed E-state index contributed by atoms with van der Waals surface area (Å²) < 4.78 is 5.18. The van der Waals surface area contributed by atoms with Gasteiger partial charge in [-0.2, -0.15) is 0 Å². The van der Waals surface area contributed by atoms with E-state index in [4.69, 9.17) is 4.74 Å². The van der Waals surface area contributed by atoms with Crippen molar-refractivity contribution in [3.63, 3.8) is 0 Å². The molecule has 0 aromatic heterocycles. The Kier molecular flexibility index (Phi) is 2.54. The first-order valence-corrected chi connectivity index (χ1v) is 5.90. The van der Waals surface area contributed by atoms with Crippen molar-refractivity contribution in [1.82, 2.24) is 0 Å². The first-order chi connectivity index (χ1) is 6.73. The van der Waals surface area contributed by atoms with Crippen LogP contribution in [0, 0.1) is 17.3 Å². The van der Waals surface area contributed by atoms with Crippen molar-refractivity contribution in [2.75, 3.05) is 6.61 Å². The van der Waals surface area contributed by atoms with E-state index in [1.807, 2.05) is 0 Å². The molecule has 1 saturated carbocycles. The summed E-state index contributed by atoms with van der Waals surface area (Å²) in [7, 11) is 0. The number of carbonyl (C=O) groups excluding carboxylic acids is 1. The molecule has 1 spiro atoms. The summed E-state index contributed by atoms with van der Waals surface area (Å²) >= 11 is 0. The number of hydrogen-bond donors (Lipinski definition) is 0. The summed E-state index contributed by atoms with van der Waals surface area (Å²) in [6, 6.07) is 0. The van der Waals surface area contributed by atoms with E-state index in [-0.39, 0.29) is 11.4 Å². The van der Waals surface area contributed by atoms with Gasteiger partial charge in [0.05, 0.1) is 12.0 Å². The van der Waals surface area contributed by atoms with E-state index in [1.54, 1.807) is 0 Å². The molecule has 3 atom stereocenters. The summed E-state index contributed by atoms with van der Waals surface area (Å²) in [6.07, 6.45) is 5.64. The van der Waals surface area contributed by atoms with Crippen LogP contribution >= 0.6 is 0 Å². The summed E-state index contributed by atoms with van der Waals surface area (Å²) in [5.41, 5.74) is -0.0740. The lowest BCUT2D eigenvalue weighted by Crippen LogP contribution is -2.30. The monoisotopic (exact) mass is 196 g/mol. The summed E-state index contributed by atoms with van der Waals surface area (Å²) in [5.74, 6) is 1.44. The van der Waals surface area contributed by atoms with E-state index in [0.717, 1.165) is 25.2 Å². The summed E-state index contributed by atoms with van der Waals surface area (Å²) in [6.45, 7) is 5.10. The molecular weight excluding hydrogens is 176 g/mol. The SMILES string of the molecule is CCC1CC(CC)C2(CCOC2=O)C1. The van der Waals surface area contributed by atoms with Crippen molar-refractivity contribution >= 4 is 5.97 Å². The van der Waals surface area contributed by atoms with Gasteiger partial charge in [-0.15, -0.1) is 0 Å². The fourth-order valence-corrected chi connectivity index (χ4v) is 3.39. The van der Waals surface area contributed by atoms with Crippen LogP contribution in [0.25, 0.3) is 0 Å². The summed E-state index contributed by atoms with van der Waals surface area (Å²) in [5, 5.41) is 0. The van der Waals surface area contributed by atoms with Gasteiger partial charge >= 0.3 is 5.97 Å². The zero-order valence-electron chi connectivity index (χ0n) is 9.21. The Morgan fingerprint density at radius 3 is 2.71 bits per heavy atom. The second-order valence-electron chi connectivity index (χ2n) is 4.86. The Morgan fingerprint density at radius 1 is 1.43 bits per heavy atom. The number of ether oxygens (including phenoxy) is 1. The second-order valence-corrected chi connectivity index (χ2v) is 4.86. The molecule has 1 aliphatic carbocycles. The Bertz CT molecular complexity index is 236. The van der Waals surface area contributed by atoms with Gasteiger partial charge in [0.25, 0.3) is 0 Å². The van der Waals surface area contributed by atoms with Crippen molar-refractivity contribution in [1.29, 1.82) is 0 Å². The molecule has 1 heterocycles. The third-order valence-corrected chi connectivity index (χ3v) is 4.31. The maximum absolute atomic E-state index is 11.8. The van der Waals surface area contributed by atoms with E-state index < -0.39 is 0 Å². The molecule has 0 amide bonds. The Morgan fingerprint density at radius 2 is 2.21 bits per heavy atom. The van der Waals surface area contributed by atoms with Crippen molar-refractivity contribution in [2.45, 2.75) is 46.0 Å². The average molecular weight is 196 g/mol. The van der Waals surface area contributed by atoms with E-state index in [9.17, 15) is 4.79 Å². The smallest absolute Gasteiger partial charge is 0.312 e. The first kappa shape index (κ1) is 10.0. The van der Waals surface area contributed by atoms with E-state index >= 15 is 0 Å². The minimum Gasteiger partial charge on any atom is -0.465 e. The van der Waals surface area contributed by atoms with Gasteiger partial charge < -0.3 is 4.74 Å². The lowest BCUT2D eigenvalue weighted by Gasteiger charge is -2.25. The van der Waals surface area contributed by atoms with Gasteiger partial charge in [0.1, 0.15) is 0 Å². The molecule has 14 heavy (non-hydrogen) atoms. The van der Waals surface area contributed by atoms with Crippen LogP contribution in [0.2, 0.25) is 0 Å². The Balaban J connectivity index is 2.20. The molecule has 2 heteroatoms. The summed E-state index contributed by atoms with van der Waals surface area (Å²) in [4.78, 5) is 11.8. The highest BCUT2D eigenvalue weighted by Gasteiger charge is 2.54. The van der Waals surface area contributed by atoms with Crippen LogP contribution in [0.5, 0.6) is 0 Å². The molecule has 0 aromatic carbocycles. The maximum atomic E-state index is 11.8. The molecule has 2 aliphatic rings. The van der Waals surface area contributed by atoms with Gasteiger partial charge in [-0.25, -0.2) is 0 Å². The van der Waals surface area contributed by atoms with E-state index in [0.29, 0.717) is 12.5 Å². The van der Waals surface area contributed by atoms with E-state index in [1.165, 1.54) is 12.8 Å². The highest BCUT2D eigenvalue weighted by molar-refractivity contribution is 5.79. The van der Waals surface area contributed by atoms with Gasteiger partial charge in [0, 0.05) is 0 Å². The molecule has 2 nitrogen and oxygen atoms in total. The standard InChI is InChI=1S/C12H20O2/c1-3-9-7-10(4-2)12(8-9)5-6-14-11(12)13/h9-10H,3-8H2,1-2H3. The molecule has 0 radical (unpaired) electrons. The number of carbonyl (C=O) groups is 1. The number of hydrogen-bond acceptors (Lipinski definition) is 2. The third kappa shape index (κ3) is 1.27. The quantitative estimate of drug-likeness (QED) is 0.635. The van der Waals surface area contributed by atoms with Crippen molar-refractivity contribution in [3.8, 4) is 0 Å². The molecule has 0 aromatic rings. The van der Waals surface area contributed by atoms with Gasteiger partial charge in [0.2, 0.25) is 0 Å². The largest absolute Gasteiger partial charge is 0.465 e. The molecule has 1 saturated heterocycles. The van der Waals surface area contributed by atoms with Crippen LogP contribution in [-0.2, 0) is 9.53 Å². The molecule has 0 bridgehead atoms. The topological polar surface area (TPSA) is 26.3 Å². The Hall–Kier alpha value is -0.530. The van der Waals surface area contributed by atoms with Crippen molar-refractivity contribution in [2.24, 2.45) is 17.3 Å². The van der Waals surface area contributed by atoms with Crippen LogP contribution in [0.4, 0.5) is 0 Å². The minimum atomic E-state index is -0.0740. The van der Waals surface area contributed by atoms with Gasteiger partial charge in [-0.1, -0.05) is 26.7 Å². The molecule has 80 valence electrons. The van der Waals surface area contributed by atoms with Crippen molar-refractivity contribution in [3.05, 3.63) is 0 Å². The molecule has 2 rings (SSSR count). The molecular formula is C12H20O2. The van der Waals surface area contributed by atoms with Crippen LogP contribution in [-0.4, -0.2) is 12.6 Å². The van der Waals surface area contributed by atoms with Crippen LogP contribution in [0.1, 0.15) is 46.0 Å². The lowest BCUT2D eigenvalue weighted by atomic mass is 9.75. The first-order valence-electron chi connectivity index (χ1n) is 5.90. The van der Waals surface area contributed by atoms with Gasteiger partial charge in [0.15, 0.2) is 0 Å². The van der Waals surface area contributed by atoms with Crippen LogP contribution in [0.15, 0.2) is 0 Å². The highest BCUT2D eigenvalue weighted by atomic mass is 16.5. The molecule has 2 fully saturated rings. The van der Waals surface area contributed by atoms with Gasteiger partial charge in [-0.05, 0) is 31.1 Å². The lowest BCUT2D eigenvalue weighted by molar-refractivity contribution is -0.148. The second kappa shape index (κ2) is 3.56. The zero-order chi connectivity index (χ0) is 10.2. The molecule has 3 unspecified atom stereocenters. The van der Waals surface area contributed by atoms with Crippen LogP contribution < -0.4 is 0 Å². The fraction of sp³-hybridized carbons (Fsp3) is 0.917.